The Morgan fingerprint density at radius 3 is 1.28 bits per heavy atom. The van der Waals surface area contributed by atoms with Gasteiger partial charge in [-0.05, 0) is 52.0 Å². The Kier molecular flexibility index (Phi) is 3.40. The summed E-state index contributed by atoms with van der Waals surface area (Å²) in [7, 11) is 0. The molecular weight excluding hydrogens is 260 g/mol. The fraction of sp³-hybridized carbons (Fsp3) is 0.429. The SMILES string of the molecule is CC(C)(N)c1ccc(-c2ccc(C(C)(C)N)s2)s1. The van der Waals surface area contributed by atoms with Crippen LogP contribution in [0.15, 0.2) is 24.3 Å². The van der Waals surface area contributed by atoms with Crippen molar-refractivity contribution in [3.05, 3.63) is 34.0 Å². The van der Waals surface area contributed by atoms with Crippen LogP contribution in [0, 0.1) is 0 Å². The molecule has 2 rings (SSSR count). The van der Waals surface area contributed by atoms with Gasteiger partial charge in [0.2, 0.25) is 0 Å². The first-order valence-corrected chi connectivity index (χ1v) is 7.60. The maximum absolute atomic E-state index is 6.12. The lowest BCUT2D eigenvalue weighted by Crippen LogP contribution is -2.27. The van der Waals surface area contributed by atoms with Gasteiger partial charge in [-0.15, -0.1) is 22.7 Å². The topological polar surface area (TPSA) is 52.0 Å². The molecule has 2 heterocycles. The smallest absolute Gasteiger partial charge is 0.0446 e. The van der Waals surface area contributed by atoms with E-state index in [2.05, 4.69) is 24.3 Å². The van der Waals surface area contributed by atoms with E-state index in [0.717, 1.165) is 0 Å². The van der Waals surface area contributed by atoms with Crippen molar-refractivity contribution >= 4 is 22.7 Å². The Bertz CT molecular complexity index is 488. The summed E-state index contributed by atoms with van der Waals surface area (Å²) in [5.41, 5.74) is 11.7. The van der Waals surface area contributed by atoms with Gasteiger partial charge in [-0.2, -0.15) is 0 Å². The molecule has 0 saturated heterocycles. The Morgan fingerprint density at radius 1 is 0.722 bits per heavy atom. The molecule has 0 atom stereocenters. The maximum atomic E-state index is 6.12. The molecule has 0 aliphatic heterocycles. The minimum absolute atomic E-state index is 0.268. The zero-order valence-electron chi connectivity index (χ0n) is 11.3. The summed E-state index contributed by atoms with van der Waals surface area (Å²) < 4.78 is 0. The molecule has 4 N–H and O–H groups in total. The summed E-state index contributed by atoms with van der Waals surface area (Å²) in [6.45, 7) is 8.13. The molecular formula is C14H20N2S2. The van der Waals surface area contributed by atoms with Gasteiger partial charge in [-0.1, -0.05) is 0 Å². The average Bonchev–Trinajstić information content (AvgIpc) is 2.84. The molecule has 0 amide bonds. The zero-order chi connectivity index (χ0) is 13.6. The normalized spacial score (nSPS) is 13.0. The summed E-state index contributed by atoms with van der Waals surface area (Å²) in [4.78, 5) is 4.95. The molecule has 0 radical (unpaired) electrons. The second-order valence-corrected chi connectivity index (χ2v) is 7.94. The predicted octanol–water partition coefficient (Wildman–Crippen LogP) is 3.86. The highest BCUT2D eigenvalue weighted by Crippen LogP contribution is 2.38. The van der Waals surface area contributed by atoms with Gasteiger partial charge in [0.15, 0.2) is 0 Å². The van der Waals surface area contributed by atoms with E-state index < -0.39 is 0 Å². The van der Waals surface area contributed by atoms with Crippen LogP contribution in [0.4, 0.5) is 0 Å². The highest BCUT2D eigenvalue weighted by Gasteiger charge is 2.20. The van der Waals surface area contributed by atoms with Crippen LogP contribution in [0.5, 0.6) is 0 Å². The molecule has 0 bridgehead atoms. The van der Waals surface area contributed by atoms with E-state index in [4.69, 9.17) is 11.5 Å². The highest BCUT2D eigenvalue weighted by atomic mass is 32.1. The van der Waals surface area contributed by atoms with Crippen molar-refractivity contribution in [1.82, 2.24) is 0 Å². The minimum atomic E-state index is -0.268. The molecule has 0 aliphatic carbocycles. The number of rotatable bonds is 3. The fourth-order valence-electron chi connectivity index (χ4n) is 1.63. The number of hydrogen-bond donors (Lipinski definition) is 2. The number of hydrogen-bond acceptors (Lipinski definition) is 4. The van der Waals surface area contributed by atoms with Crippen LogP contribution >= 0.6 is 22.7 Å². The summed E-state index contributed by atoms with van der Waals surface area (Å²) in [5.74, 6) is 0. The minimum Gasteiger partial charge on any atom is -0.321 e. The summed E-state index contributed by atoms with van der Waals surface area (Å²) >= 11 is 3.52. The predicted molar refractivity (Wildman–Crippen MR) is 82.1 cm³/mol. The number of thiophene rings is 2. The molecule has 0 aliphatic rings. The van der Waals surface area contributed by atoms with Crippen molar-refractivity contribution in [3.8, 4) is 9.75 Å². The van der Waals surface area contributed by atoms with Crippen LogP contribution in [0.2, 0.25) is 0 Å². The lowest BCUT2D eigenvalue weighted by molar-refractivity contribution is 0.567. The van der Waals surface area contributed by atoms with E-state index in [9.17, 15) is 0 Å². The Hall–Kier alpha value is -0.680. The monoisotopic (exact) mass is 280 g/mol. The molecule has 98 valence electrons. The van der Waals surface area contributed by atoms with Gasteiger partial charge < -0.3 is 11.5 Å². The first kappa shape index (κ1) is 13.7. The molecule has 4 heteroatoms. The average molecular weight is 280 g/mol. The van der Waals surface area contributed by atoms with Gasteiger partial charge in [0.05, 0.1) is 0 Å². The van der Waals surface area contributed by atoms with Gasteiger partial charge in [0, 0.05) is 30.6 Å². The molecule has 18 heavy (non-hydrogen) atoms. The molecule has 2 nitrogen and oxygen atoms in total. The third-order valence-electron chi connectivity index (χ3n) is 2.72. The summed E-state index contributed by atoms with van der Waals surface area (Å²) in [6, 6.07) is 8.53. The van der Waals surface area contributed by atoms with Crippen molar-refractivity contribution in [1.29, 1.82) is 0 Å². The van der Waals surface area contributed by atoms with Crippen LogP contribution in [0.25, 0.3) is 9.75 Å². The van der Waals surface area contributed by atoms with Crippen LogP contribution < -0.4 is 11.5 Å². The molecule has 0 spiro atoms. The van der Waals surface area contributed by atoms with Gasteiger partial charge >= 0.3 is 0 Å². The van der Waals surface area contributed by atoms with Crippen molar-refractivity contribution in [2.24, 2.45) is 11.5 Å². The third-order valence-corrected chi connectivity index (χ3v) is 5.77. The summed E-state index contributed by atoms with van der Waals surface area (Å²) in [6.07, 6.45) is 0. The van der Waals surface area contributed by atoms with Crippen LogP contribution in [-0.2, 0) is 11.1 Å². The standard InChI is InChI=1S/C14H20N2S2/c1-13(2,15)11-7-5-9(17-11)10-6-8-12(18-10)14(3,4)16/h5-8H,15-16H2,1-4H3. The van der Waals surface area contributed by atoms with Gasteiger partial charge in [-0.25, -0.2) is 0 Å². The van der Waals surface area contributed by atoms with E-state index in [1.165, 1.54) is 19.5 Å². The van der Waals surface area contributed by atoms with Gasteiger partial charge in [0.1, 0.15) is 0 Å². The van der Waals surface area contributed by atoms with Gasteiger partial charge in [-0.3, -0.25) is 0 Å². The first-order chi connectivity index (χ1) is 8.18. The van der Waals surface area contributed by atoms with Crippen molar-refractivity contribution in [2.45, 2.75) is 38.8 Å². The van der Waals surface area contributed by atoms with E-state index >= 15 is 0 Å². The summed E-state index contributed by atoms with van der Waals surface area (Å²) in [5, 5.41) is 0. The Labute approximate surface area is 117 Å². The fourth-order valence-corrected chi connectivity index (χ4v) is 3.76. The molecule has 2 aromatic rings. The van der Waals surface area contributed by atoms with E-state index in [1.807, 2.05) is 27.7 Å². The van der Waals surface area contributed by atoms with Crippen LogP contribution in [-0.4, -0.2) is 0 Å². The van der Waals surface area contributed by atoms with Crippen molar-refractivity contribution in [2.75, 3.05) is 0 Å². The van der Waals surface area contributed by atoms with Crippen molar-refractivity contribution in [3.63, 3.8) is 0 Å². The van der Waals surface area contributed by atoms with Crippen molar-refractivity contribution < 1.29 is 0 Å². The molecule has 0 unspecified atom stereocenters. The van der Waals surface area contributed by atoms with E-state index in [1.54, 1.807) is 22.7 Å². The quantitative estimate of drug-likeness (QED) is 0.897. The lowest BCUT2D eigenvalue weighted by atomic mass is 10.1. The Morgan fingerprint density at radius 2 is 1.06 bits per heavy atom. The first-order valence-electron chi connectivity index (χ1n) is 5.97. The molecule has 0 aromatic carbocycles. The highest BCUT2D eigenvalue weighted by molar-refractivity contribution is 7.22. The van der Waals surface area contributed by atoms with Crippen LogP contribution in [0.3, 0.4) is 0 Å². The lowest BCUT2D eigenvalue weighted by Gasteiger charge is -2.15. The Balaban J connectivity index is 2.33. The third kappa shape index (κ3) is 2.83. The zero-order valence-corrected chi connectivity index (χ0v) is 12.9. The molecule has 0 saturated carbocycles. The number of nitrogens with two attached hydrogens (primary N) is 2. The second-order valence-electron chi connectivity index (χ2n) is 5.77. The van der Waals surface area contributed by atoms with Gasteiger partial charge in [0.25, 0.3) is 0 Å². The molecule has 0 fully saturated rings. The van der Waals surface area contributed by atoms with E-state index in [-0.39, 0.29) is 11.1 Å². The largest absolute Gasteiger partial charge is 0.321 e. The van der Waals surface area contributed by atoms with E-state index in [0.29, 0.717) is 0 Å². The molecule has 2 aromatic heterocycles. The van der Waals surface area contributed by atoms with Crippen LogP contribution in [0.1, 0.15) is 37.4 Å². The maximum Gasteiger partial charge on any atom is 0.0446 e. The second kappa shape index (κ2) is 4.46.